The zero-order valence-corrected chi connectivity index (χ0v) is 10.8. The van der Waals surface area contributed by atoms with E-state index in [1.54, 1.807) is 6.20 Å². The molecule has 0 spiro atoms. The Balaban J connectivity index is 1.62. The van der Waals surface area contributed by atoms with Gasteiger partial charge in [0.25, 0.3) is 0 Å². The quantitative estimate of drug-likeness (QED) is 0.808. The number of nitrogens with one attached hydrogen (secondary N) is 1. The van der Waals surface area contributed by atoms with Crippen molar-refractivity contribution in [2.24, 2.45) is 0 Å². The normalized spacial score (nSPS) is 12.5. The average Bonchev–Trinajstić information content (AvgIpc) is 2.91. The number of hydrogen-bond acceptors (Lipinski definition) is 3. The Kier molecular flexibility index (Phi) is 4.90. The molecule has 0 bridgehead atoms. The average molecular weight is 244 g/mol. The van der Waals surface area contributed by atoms with Gasteiger partial charge in [0.1, 0.15) is 0 Å². The highest BCUT2D eigenvalue weighted by atomic mass is 15.4. The number of rotatable bonds is 7. The van der Waals surface area contributed by atoms with Crippen LogP contribution in [-0.2, 0) is 13.0 Å². The summed E-state index contributed by atoms with van der Waals surface area (Å²) in [5.41, 5.74) is 1.41. The fourth-order valence-corrected chi connectivity index (χ4v) is 1.91. The van der Waals surface area contributed by atoms with Crippen molar-refractivity contribution in [2.45, 2.75) is 32.4 Å². The minimum Gasteiger partial charge on any atom is -0.312 e. The molecule has 0 amide bonds. The summed E-state index contributed by atoms with van der Waals surface area (Å²) in [5.74, 6) is 0. The van der Waals surface area contributed by atoms with Gasteiger partial charge in [-0.05, 0) is 25.3 Å². The van der Waals surface area contributed by atoms with Crippen molar-refractivity contribution < 1.29 is 0 Å². The van der Waals surface area contributed by atoms with Gasteiger partial charge in [0.15, 0.2) is 0 Å². The summed E-state index contributed by atoms with van der Waals surface area (Å²) in [4.78, 5) is 0. The first kappa shape index (κ1) is 12.8. The van der Waals surface area contributed by atoms with Crippen LogP contribution >= 0.6 is 0 Å². The fourth-order valence-electron chi connectivity index (χ4n) is 1.91. The van der Waals surface area contributed by atoms with E-state index in [0.717, 1.165) is 25.9 Å². The second-order valence-corrected chi connectivity index (χ2v) is 4.55. The molecule has 0 aliphatic heterocycles. The van der Waals surface area contributed by atoms with Crippen LogP contribution in [0.5, 0.6) is 0 Å². The zero-order chi connectivity index (χ0) is 12.6. The molecule has 1 aromatic carbocycles. The molecule has 0 aliphatic rings. The minimum absolute atomic E-state index is 0.522. The summed E-state index contributed by atoms with van der Waals surface area (Å²) >= 11 is 0. The van der Waals surface area contributed by atoms with Crippen LogP contribution in [0.25, 0.3) is 0 Å². The van der Waals surface area contributed by atoms with Crippen LogP contribution < -0.4 is 5.32 Å². The summed E-state index contributed by atoms with van der Waals surface area (Å²) in [6.07, 6.45) is 5.87. The molecular formula is C14H20N4. The maximum absolute atomic E-state index is 3.93. The second kappa shape index (κ2) is 6.91. The molecule has 0 fully saturated rings. The van der Waals surface area contributed by atoms with Crippen molar-refractivity contribution in [1.29, 1.82) is 0 Å². The maximum atomic E-state index is 3.93. The number of aromatic nitrogens is 3. The Labute approximate surface area is 108 Å². The Hall–Kier alpha value is -1.68. The van der Waals surface area contributed by atoms with Gasteiger partial charge in [-0.25, -0.2) is 0 Å². The summed E-state index contributed by atoms with van der Waals surface area (Å²) < 4.78 is 1.84. The van der Waals surface area contributed by atoms with Crippen molar-refractivity contribution in [2.75, 3.05) is 6.54 Å². The Bertz CT molecular complexity index is 424. The van der Waals surface area contributed by atoms with Crippen molar-refractivity contribution >= 4 is 0 Å². The molecule has 1 aromatic heterocycles. The molecular weight excluding hydrogens is 224 g/mol. The van der Waals surface area contributed by atoms with E-state index >= 15 is 0 Å². The first-order valence-corrected chi connectivity index (χ1v) is 6.46. The van der Waals surface area contributed by atoms with Crippen molar-refractivity contribution in [3.63, 3.8) is 0 Å². The standard InChI is InChI=1S/C14H20N4/c1-13(7-8-14-5-3-2-4-6-14)15-9-11-18-12-10-16-17-18/h2-6,10,12-13,15H,7-9,11H2,1H3. The smallest absolute Gasteiger partial charge is 0.0692 e. The van der Waals surface area contributed by atoms with E-state index in [-0.39, 0.29) is 0 Å². The van der Waals surface area contributed by atoms with Crippen molar-refractivity contribution in [3.8, 4) is 0 Å². The Morgan fingerprint density at radius 3 is 2.83 bits per heavy atom. The lowest BCUT2D eigenvalue weighted by Crippen LogP contribution is -2.29. The van der Waals surface area contributed by atoms with Crippen LogP contribution in [0.15, 0.2) is 42.7 Å². The van der Waals surface area contributed by atoms with Crippen LogP contribution in [0, 0.1) is 0 Å². The van der Waals surface area contributed by atoms with Gasteiger partial charge in [-0.3, -0.25) is 4.68 Å². The van der Waals surface area contributed by atoms with E-state index in [1.807, 2.05) is 10.9 Å². The molecule has 1 atom stereocenters. The van der Waals surface area contributed by atoms with Crippen molar-refractivity contribution in [3.05, 3.63) is 48.3 Å². The van der Waals surface area contributed by atoms with Crippen LogP contribution in [-0.4, -0.2) is 27.6 Å². The van der Waals surface area contributed by atoms with E-state index < -0.39 is 0 Å². The highest BCUT2D eigenvalue weighted by Gasteiger charge is 2.01. The molecule has 0 saturated heterocycles. The molecule has 2 rings (SSSR count). The van der Waals surface area contributed by atoms with Crippen LogP contribution in [0.4, 0.5) is 0 Å². The highest BCUT2D eigenvalue weighted by Crippen LogP contribution is 2.04. The molecule has 0 aliphatic carbocycles. The highest BCUT2D eigenvalue weighted by molar-refractivity contribution is 5.14. The van der Waals surface area contributed by atoms with Gasteiger partial charge in [-0.1, -0.05) is 35.5 Å². The first-order valence-electron chi connectivity index (χ1n) is 6.46. The third-order valence-electron chi connectivity index (χ3n) is 3.01. The van der Waals surface area contributed by atoms with Gasteiger partial charge in [0, 0.05) is 18.8 Å². The Morgan fingerprint density at radius 2 is 2.11 bits per heavy atom. The predicted octanol–water partition coefficient (Wildman–Crippen LogP) is 1.89. The molecule has 18 heavy (non-hydrogen) atoms. The molecule has 1 N–H and O–H groups in total. The van der Waals surface area contributed by atoms with Crippen molar-refractivity contribution in [1.82, 2.24) is 20.3 Å². The van der Waals surface area contributed by atoms with E-state index in [2.05, 4.69) is 52.9 Å². The van der Waals surface area contributed by atoms with E-state index in [4.69, 9.17) is 0 Å². The number of nitrogens with zero attached hydrogens (tertiary/aromatic N) is 3. The van der Waals surface area contributed by atoms with Gasteiger partial charge in [-0.15, -0.1) is 5.10 Å². The topological polar surface area (TPSA) is 42.7 Å². The fraction of sp³-hybridized carbons (Fsp3) is 0.429. The van der Waals surface area contributed by atoms with E-state index in [1.165, 1.54) is 5.56 Å². The lowest BCUT2D eigenvalue weighted by Gasteiger charge is -2.13. The molecule has 0 radical (unpaired) electrons. The second-order valence-electron chi connectivity index (χ2n) is 4.55. The predicted molar refractivity (Wildman–Crippen MR) is 72.2 cm³/mol. The van der Waals surface area contributed by atoms with Gasteiger partial charge >= 0.3 is 0 Å². The van der Waals surface area contributed by atoms with Gasteiger partial charge in [-0.2, -0.15) is 0 Å². The molecule has 2 aromatic rings. The summed E-state index contributed by atoms with van der Waals surface area (Å²) in [5, 5.41) is 11.2. The first-order chi connectivity index (χ1) is 8.84. The van der Waals surface area contributed by atoms with Crippen LogP contribution in [0.3, 0.4) is 0 Å². The zero-order valence-electron chi connectivity index (χ0n) is 10.8. The maximum Gasteiger partial charge on any atom is 0.0692 e. The molecule has 0 saturated carbocycles. The third-order valence-corrected chi connectivity index (χ3v) is 3.01. The van der Waals surface area contributed by atoms with E-state index in [0.29, 0.717) is 6.04 Å². The molecule has 1 heterocycles. The third kappa shape index (κ3) is 4.30. The molecule has 4 nitrogen and oxygen atoms in total. The van der Waals surface area contributed by atoms with Gasteiger partial charge < -0.3 is 5.32 Å². The van der Waals surface area contributed by atoms with E-state index in [9.17, 15) is 0 Å². The van der Waals surface area contributed by atoms with Gasteiger partial charge in [0.05, 0.1) is 12.7 Å². The lowest BCUT2D eigenvalue weighted by atomic mass is 10.1. The van der Waals surface area contributed by atoms with Gasteiger partial charge in [0.2, 0.25) is 0 Å². The monoisotopic (exact) mass is 244 g/mol. The van der Waals surface area contributed by atoms with Crippen LogP contribution in [0.1, 0.15) is 18.9 Å². The Morgan fingerprint density at radius 1 is 1.28 bits per heavy atom. The summed E-state index contributed by atoms with van der Waals surface area (Å²) in [7, 11) is 0. The minimum atomic E-state index is 0.522. The molecule has 96 valence electrons. The summed E-state index contributed by atoms with van der Waals surface area (Å²) in [6, 6.07) is 11.1. The lowest BCUT2D eigenvalue weighted by molar-refractivity contribution is 0.470. The summed E-state index contributed by atoms with van der Waals surface area (Å²) in [6.45, 7) is 4.03. The molecule has 1 unspecified atom stereocenters. The number of hydrogen-bond donors (Lipinski definition) is 1. The SMILES string of the molecule is CC(CCc1ccccc1)NCCn1ccnn1. The number of benzene rings is 1. The number of aryl methyl sites for hydroxylation is 1. The van der Waals surface area contributed by atoms with Crippen LogP contribution in [0.2, 0.25) is 0 Å². The molecule has 4 heteroatoms. The largest absolute Gasteiger partial charge is 0.312 e.